The van der Waals surface area contributed by atoms with Crippen molar-refractivity contribution < 1.29 is 14.1 Å². The third kappa shape index (κ3) is 2.65. The van der Waals surface area contributed by atoms with Gasteiger partial charge in [0.2, 0.25) is 11.7 Å². The molecule has 0 saturated heterocycles. The number of hydrogen-bond acceptors (Lipinski definition) is 7. The molecule has 1 aliphatic rings. The van der Waals surface area contributed by atoms with E-state index < -0.39 is 6.10 Å². The molecule has 3 heterocycles. The highest BCUT2D eigenvalue weighted by Crippen LogP contribution is 2.33. The molecular formula is C16H14N4O3S. The predicted octanol–water partition coefficient (Wildman–Crippen LogP) is 2.55. The Morgan fingerprint density at radius 1 is 1.33 bits per heavy atom. The lowest BCUT2D eigenvalue weighted by molar-refractivity contribution is -0.125. The van der Waals surface area contributed by atoms with E-state index in [2.05, 4.69) is 14.5 Å². The third-order valence-corrected chi connectivity index (χ3v) is 4.37. The zero-order valence-electron chi connectivity index (χ0n) is 12.9. The van der Waals surface area contributed by atoms with Crippen molar-refractivity contribution in [2.45, 2.75) is 19.4 Å². The van der Waals surface area contributed by atoms with E-state index in [0.29, 0.717) is 30.4 Å². The fraction of sp³-hybridized carbons (Fsp3) is 0.250. The minimum absolute atomic E-state index is 0.0736. The molecule has 0 N–H and O–H groups in total. The molecule has 122 valence electrons. The molecule has 3 aromatic rings. The summed E-state index contributed by atoms with van der Waals surface area (Å²) < 4.78 is 14.9. The van der Waals surface area contributed by atoms with E-state index >= 15 is 0 Å². The highest BCUT2D eigenvalue weighted by molar-refractivity contribution is 7.03. The highest BCUT2D eigenvalue weighted by atomic mass is 32.1. The number of anilines is 1. The van der Waals surface area contributed by atoms with Gasteiger partial charge in [-0.3, -0.25) is 4.79 Å². The number of benzene rings is 1. The summed E-state index contributed by atoms with van der Waals surface area (Å²) in [5.41, 5.74) is 1.60. The van der Waals surface area contributed by atoms with Crippen LogP contribution in [0.4, 0.5) is 5.69 Å². The lowest BCUT2D eigenvalue weighted by Gasteiger charge is -2.32. The van der Waals surface area contributed by atoms with Gasteiger partial charge >= 0.3 is 0 Å². The van der Waals surface area contributed by atoms with E-state index in [9.17, 15) is 4.79 Å². The van der Waals surface area contributed by atoms with Crippen LogP contribution in [-0.4, -0.2) is 33.1 Å². The predicted molar refractivity (Wildman–Crippen MR) is 88.0 cm³/mol. The molecule has 24 heavy (non-hydrogen) atoms. The first-order valence-corrected chi connectivity index (χ1v) is 8.35. The number of aromatic nitrogens is 3. The molecule has 0 bridgehead atoms. The quantitative estimate of drug-likeness (QED) is 0.725. The third-order valence-electron chi connectivity index (χ3n) is 3.78. The fourth-order valence-corrected chi connectivity index (χ4v) is 3.10. The molecule has 0 aliphatic carbocycles. The summed E-state index contributed by atoms with van der Waals surface area (Å²) in [5.74, 6) is 1.64. The number of amides is 1. The van der Waals surface area contributed by atoms with Crippen molar-refractivity contribution in [3.8, 4) is 17.1 Å². The zero-order chi connectivity index (χ0) is 16.5. The van der Waals surface area contributed by atoms with Crippen molar-refractivity contribution in [3.63, 3.8) is 0 Å². The van der Waals surface area contributed by atoms with E-state index in [-0.39, 0.29) is 5.91 Å². The largest absolute Gasteiger partial charge is 0.479 e. The van der Waals surface area contributed by atoms with Gasteiger partial charge < -0.3 is 14.2 Å². The number of fused-ring (bicyclic) bond motifs is 1. The van der Waals surface area contributed by atoms with Gasteiger partial charge in [-0.1, -0.05) is 17.3 Å². The fourth-order valence-electron chi connectivity index (χ4n) is 2.59. The molecule has 0 saturated carbocycles. The number of nitrogens with zero attached hydrogens (tertiary/aromatic N) is 4. The van der Waals surface area contributed by atoms with E-state index in [1.807, 2.05) is 29.6 Å². The molecule has 0 spiro atoms. The van der Waals surface area contributed by atoms with Crippen LogP contribution in [0.3, 0.4) is 0 Å². The summed E-state index contributed by atoms with van der Waals surface area (Å²) in [6.45, 7) is 2.20. The van der Waals surface area contributed by atoms with Crippen LogP contribution in [0.2, 0.25) is 0 Å². The number of para-hydroxylation sites is 2. The monoisotopic (exact) mass is 342 g/mol. The van der Waals surface area contributed by atoms with Crippen molar-refractivity contribution in [2.24, 2.45) is 0 Å². The first-order valence-electron chi connectivity index (χ1n) is 7.52. The van der Waals surface area contributed by atoms with Crippen LogP contribution in [0.5, 0.6) is 5.75 Å². The number of hydrogen-bond donors (Lipinski definition) is 0. The molecule has 1 aliphatic heterocycles. The lowest BCUT2D eigenvalue weighted by Crippen LogP contribution is -2.45. The molecule has 8 heteroatoms. The van der Waals surface area contributed by atoms with E-state index in [1.54, 1.807) is 18.0 Å². The second kappa shape index (κ2) is 6.04. The Hall–Kier alpha value is -2.74. The molecule has 4 rings (SSSR count). The Kier molecular flexibility index (Phi) is 3.73. The second-order valence-electron chi connectivity index (χ2n) is 5.39. The molecular weight excluding hydrogens is 328 g/mol. The van der Waals surface area contributed by atoms with Gasteiger partial charge in [0.25, 0.3) is 5.91 Å². The Morgan fingerprint density at radius 2 is 2.21 bits per heavy atom. The molecule has 0 fully saturated rings. The minimum atomic E-state index is -0.505. The topological polar surface area (TPSA) is 81.3 Å². The Bertz CT molecular complexity index is 862. The summed E-state index contributed by atoms with van der Waals surface area (Å²) in [7, 11) is 0. The molecule has 1 aromatic carbocycles. The average Bonchev–Trinajstić information content (AvgIpc) is 3.26. The Morgan fingerprint density at radius 3 is 3.04 bits per heavy atom. The van der Waals surface area contributed by atoms with Crippen LogP contribution >= 0.6 is 11.5 Å². The van der Waals surface area contributed by atoms with Gasteiger partial charge in [-0.05, 0) is 30.6 Å². The van der Waals surface area contributed by atoms with Crippen LogP contribution in [0, 0.1) is 0 Å². The van der Waals surface area contributed by atoms with Gasteiger partial charge in [-0.2, -0.15) is 4.98 Å². The summed E-state index contributed by atoms with van der Waals surface area (Å²) in [4.78, 5) is 18.5. The van der Waals surface area contributed by atoms with Gasteiger partial charge in [0, 0.05) is 18.3 Å². The summed E-state index contributed by atoms with van der Waals surface area (Å²) in [5, 5.41) is 5.81. The molecule has 1 amide bonds. The van der Waals surface area contributed by atoms with Gasteiger partial charge in [0.1, 0.15) is 5.75 Å². The van der Waals surface area contributed by atoms with Crippen molar-refractivity contribution in [3.05, 3.63) is 41.7 Å². The van der Waals surface area contributed by atoms with Crippen molar-refractivity contribution >= 4 is 23.1 Å². The number of carbonyl (C=O) groups is 1. The van der Waals surface area contributed by atoms with Crippen LogP contribution in [-0.2, 0) is 11.2 Å². The van der Waals surface area contributed by atoms with Crippen LogP contribution in [0.15, 0.2) is 40.4 Å². The van der Waals surface area contributed by atoms with Gasteiger partial charge in [0.15, 0.2) is 6.10 Å². The van der Waals surface area contributed by atoms with Crippen molar-refractivity contribution in [1.82, 2.24) is 14.5 Å². The maximum absolute atomic E-state index is 12.4. The van der Waals surface area contributed by atoms with Crippen LogP contribution < -0.4 is 9.64 Å². The smallest absolute Gasteiger partial charge is 0.267 e. The maximum atomic E-state index is 12.4. The van der Waals surface area contributed by atoms with Crippen LogP contribution in [0.25, 0.3) is 11.4 Å². The summed E-state index contributed by atoms with van der Waals surface area (Å²) in [6.07, 6.45) is 1.66. The second-order valence-corrected chi connectivity index (χ2v) is 6.05. The molecule has 7 nitrogen and oxygen atoms in total. The SMILES string of the molecule is CC1Oc2ccccc2N(CCc2nc(-c3cnsc3)no2)C1=O. The maximum Gasteiger partial charge on any atom is 0.267 e. The summed E-state index contributed by atoms with van der Waals surface area (Å²) >= 11 is 1.33. The normalized spacial score (nSPS) is 16.8. The first-order chi connectivity index (χ1) is 11.7. The summed E-state index contributed by atoms with van der Waals surface area (Å²) in [6, 6.07) is 7.50. The minimum Gasteiger partial charge on any atom is -0.479 e. The van der Waals surface area contributed by atoms with Gasteiger partial charge in [0.05, 0.1) is 17.4 Å². The zero-order valence-corrected chi connectivity index (χ0v) is 13.7. The van der Waals surface area contributed by atoms with E-state index in [0.717, 1.165) is 11.3 Å². The van der Waals surface area contributed by atoms with Gasteiger partial charge in [-0.15, -0.1) is 0 Å². The van der Waals surface area contributed by atoms with E-state index in [1.165, 1.54) is 11.5 Å². The number of carbonyl (C=O) groups excluding carboxylic acids is 1. The average molecular weight is 342 g/mol. The molecule has 2 aromatic heterocycles. The van der Waals surface area contributed by atoms with Crippen molar-refractivity contribution in [1.29, 1.82) is 0 Å². The van der Waals surface area contributed by atoms with E-state index in [4.69, 9.17) is 9.26 Å². The number of rotatable bonds is 4. The Labute approximate surface area is 142 Å². The standard InChI is InChI=1S/C16H14N4O3S/c1-10-16(21)20(12-4-2-3-5-13(12)22-10)7-6-14-18-15(19-23-14)11-8-17-24-9-11/h2-5,8-10H,6-7H2,1H3. The molecule has 1 unspecified atom stereocenters. The molecule has 1 atom stereocenters. The molecule has 0 radical (unpaired) electrons. The first kappa shape index (κ1) is 14.8. The number of ether oxygens (including phenoxy) is 1. The van der Waals surface area contributed by atoms with Crippen LogP contribution in [0.1, 0.15) is 12.8 Å². The Balaban J connectivity index is 1.52. The van der Waals surface area contributed by atoms with Gasteiger partial charge in [-0.25, -0.2) is 4.37 Å². The van der Waals surface area contributed by atoms with Crippen molar-refractivity contribution in [2.75, 3.05) is 11.4 Å². The highest BCUT2D eigenvalue weighted by Gasteiger charge is 2.31. The lowest BCUT2D eigenvalue weighted by atomic mass is 10.2.